The van der Waals surface area contributed by atoms with Crippen LogP contribution in [-0.4, -0.2) is 5.78 Å². The zero-order chi connectivity index (χ0) is 13.1. The highest BCUT2D eigenvalue weighted by Gasteiger charge is 2.12. The predicted octanol–water partition coefficient (Wildman–Crippen LogP) is 4.80. The summed E-state index contributed by atoms with van der Waals surface area (Å²) in [5.74, 6) is 0.537. The second kappa shape index (κ2) is 5.49. The topological polar surface area (TPSA) is 17.1 Å². The van der Waals surface area contributed by atoms with E-state index in [-0.39, 0.29) is 5.78 Å². The molecule has 0 heterocycles. The van der Waals surface area contributed by atoms with E-state index in [2.05, 4.69) is 29.8 Å². The highest BCUT2D eigenvalue weighted by molar-refractivity contribution is 9.10. The van der Waals surface area contributed by atoms with Crippen LogP contribution < -0.4 is 0 Å². The quantitative estimate of drug-likeness (QED) is 0.744. The van der Waals surface area contributed by atoms with E-state index in [1.807, 2.05) is 48.5 Å². The Morgan fingerprint density at radius 1 is 1.00 bits per heavy atom. The maximum absolute atomic E-state index is 12.3. The third-order valence-corrected chi connectivity index (χ3v) is 3.65. The van der Waals surface area contributed by atoms with Crippen molar-refractivity contribution in [2.24, 2.45) is 0 Å². The molecule has 0 aromatic heterocycles. The Kier molecular flexibility index (Phi) is 3.97. The van der Waals surface area contributed by atoms with E-state index in [1.165, 1.54) is 5.56 Å². The van der Waals surface area contributed by atoms with Crippen LogP contribution in [0.25, 0.3) is 0 Å². The van der Waals surface area contributed by atoms with Gasteiger partial charge in [-0.2, -0.15) is 0 Å². The Hall–Kier alpha value is -1.41. The fourth-order valence-corrected chi connectivity index (χ4v) is 2.29. The Labute approximate surface area is 116 Å². The van der Waals surface area contributed by atoms with E-state index in [0.29, 0.717) is 11.5 Å². The Balaban J connectivity index is 2.32. The van der Waals surface area contributed by atoms with Crippen molar-refractivity contribution in [2.45, 2.75) is 19.8 Å². The van der Waals surface area contributed by atoms with Crippen LogP contribution in [0.1, 0.15) is 41.3 Å². The summed E-state index contributed by atoms with van der Waals surface area (Å²) in [6.45, 7) is 4.29. The zero-order valence-corrected chi connectivity index (χ0v) is 12.1. The van der Waals surface area contributed by atoms with Gasteiger partial charge in [-0.1, -0.05) is 66.2 Å². The van der Waals surface area contributed by atoms with Crippen LogP contribution >= 0.6 is 15.9 Å². The zero-order valence-electron chi connectivity index (χ0n) is 10.5. The molecule has 2 rings (SSSR count). The molecule has 2 aromatic carbocycles. The smallest absolute Gasteiger partial charge is 0.194 e. The van der Waals surface area contributed by atoms with Crippen LogP contribution in [0.3, 0.4) is 0 Å². The Bertz CT molecular complexity index is 556. The highest BCUT2D eigenvalue weighted by atomic mass is 79.9. The minimum absolute atomic E-state index is 0.0535. The molecule has 0 fully saturated rings. The van der Waals surface area contributed by atoms with Crippen LogP contribution in [0.2, 0.25) is 0 Å². The molecule has 0 unspecified atom stereocenters. The van der Waals surface area contributed by atoms with E-state index in [9.17, 15) is 4.79 Å². The minimum atomic E-state index is 0.0535. The lowest BCUT2D eigenvalue weighted by Crippen LogP contribution is -2.02. The van der Waals surface area contributed by atoms with Gasteiger partial charge in [-0.05, 0) is 23.6 Å². The number of carbonyl (C=O) groups excluding carboxylic acids is 1. The third kappa shape index (κ3) is 2.70. The standard InChI is InChI=1S/C16H15BrO/c1-11(2)12-7-9-13(10-8-12)16(18)14-5-3-4-6-15(14)17/h3-11H,1-2H3. The number of ketones is 1. The Morgan fingerprint density at radius 2 is 1.61 bits per heavy atom. The van der Waals surface area contributed by atoms with Crippen molar-refractivity contribution in [2.75, 3.05) is 0 Å². The molecule has 0 saturated carbocycles. The highest BCUT2D eigenvalue weighted by Crippen LogP contribution is 2.21. The summed E-state index contributed by atoms with van der Waals surface area (Å²) >= 11 is 3.41. The fraction of sp³-hybridized carbons (Fsp3) is 0.188. The maximum Gasteiger partial charge on any atom is 0.194 e. The summed E-state index contributed by atoms with van der Waals surface area (Å²) in [5.41, 5.74) is 2.68. The van der Waals surface area contributed by atoms with Crippen LogP contribution in [0.5, 0.6) is 0 Å². The lowest BCUT2D eigenvalue weighted by molar-refractivity contribution is 0.103. The molecule has 0 spiro atoms. The molecule has 0 saturated heterocycles. The molecule has 0 bridgehead atoms. The van der Waals surface area contributed by atoms with Crippen LogP contribution in [0.15, 0.2) is 53.0 Å². The second-order valence-corrected chi connectivity index (χ2v) is 5.44. The summed E-state index contributed by atoms with van der Waals surface area (Å²) in [6.07, 6.45) is 0. The van der Waals surface area contributed by atoms with Crippen LogP contribution in [-0.2, 0) is 0 Å². The van der Waals surface area contributed by atoms with Crippen molar-refractivity contribution in [3.63, 3.8) is 0 Å². The molecule has 0 aliphatic rings. The van der Waals surface area contributed by atoms with Crippen molar-refractivity contribution in [1.82, 2.24) is 0 Å². The van der Waals surface area contributed by atoms with Crippen LogP contribution in [0, 0.1) is 0 Å². The average molecular weight is 303 g/mol. The average Bonchev–Trinajstić information content (AvgIpc) is 2.38. The molecule has 0 N–H and O–H groups in total. The number of rotatable bonds is 3. The number of hydrogen-bond donors (Lipinski definition) is 0. The molecule has 2 aromatic rings. The summed E-state index contributed by atoms with van der Waals surface area (Å²) in [6, 6.07) is 15.3. The number of halogens is 1. The van der Waals surface area contributed by atoms with Crippen molar-refractivity contribution in [1.29, 1.82) is 0 Å². The molecule has 1 nitrogen and oxygen atoms in total. The first kappa shape index (κ1) is 13.0. The van der Waals surface area contributed by atoms with E-state index < -0.39 is 0 Å². The lowest BCUT2D eigenvalue weighted by Gasteiger charge is -2.07. The third-order valence-electron chi connectivity index (χ3n) is 2.96. The van der Waals surface area contributed by atoms with E-state index in [0.717, 1.165) is 10.0 Å². The molecule has 92 valence electrons. The first-order valence-electron chi connectivity index (χ1n) is 5.99. The van der Waals surface area contributed by atoms with Crippen LogP contribution in [0.4, 0.5) is 0 Å². The van der Waals surface area contributed by atoms with E-state index in [1.54, 1.807) is 0 Å². The number of carbonyl (C=O) groups is 1. The van der Waals surface area contributed by atoms with Gasteiger partial charge >= 0.3 is 0 Å². The first-order valence-corrected chi connectivity index (χ1v) is 6.78. The lowest BCUT2D eigenvalue weighted by atomic mass is 9.98. The largest absolute Gasteiger partial charge is 0.289 e. The van der Waals surface area contributed by atoms with E-state index >= 15 is 0 Å². The molecule has 18 heavy (non-hydrogen) atoms. The monoisotopic (exact) mass is 302 g/mol. The maximum atomic E-state index is 12.3. The Morgan fingerprint density at radius 3 is 2.17 bits per heavy atom. The van der Waals surface area contributed by atoms with Gasteiger partial charge in [0.2, 0.25) is 0 Å². The second-order valence-electron chi connectivity index (χ2n) is 4.59. The summed E-state index contributed by atoms with van der Waals surface area (Å²) < 4.78 is 0.836. The molecule has 0 aliphatic heterocycles. The van der Waals surface area contributed by atoms with Gasteiger partial charge in [-0.15, -0.1) is 0 Å². The number of hydrogen-bond acceptors (Lipinski definition) is 1. The van der Waals surface area contributed by atoms with Crippen molar-refractivity contribution in [3.8, 4) is 0 Å². The first-order chi connectivity index (χ1) is 8.59. The summed E-state index contributed by atoms with van der Waals surface area (Å²) in [5, 5.41) is 0. The van der Waals surface area contributed by atoms with Gasteiger partial charge in [-0.3, -0.25) is 4.79 Å². The normalized spacial score (nSPS) is 10.7. The fourth-order valence-electron chi connectivity index (χ4n) is 1.82. The molecular formula is C16H15BrO. The minimum Gasteiger partial charge on any atom is -0.289 e. The molecule has 0 radical (unpaired) electrons. The molecule has 0 aliphatic carbocycles. The van der Waals surface area contributed by atoms with Crippen molar-refractivity contribution >= 4 is 21.7 Å². The van der Waals surface area contributed by atoms with Gasteiger partial charge in [0.15, 0.2) is 5.78 Å². The number of benzene rings is 2. The van der Waals surface area contributed by atoms with Crippen molar-refractivity contribution < 1.29 is 4.79 Å². The SMILES string of the molecule is CC(C)c1ccc(C(=O)c2ccccc2Br)cc1. The van der Waals surface area contributed by atoms with Gasteiger partial charge in [0, 0.05) is 15.6 Å². The van der Waals surface area contributed by atoms with Gasteiger partial charge in [-0.25, -0.2) is 0 Å². The molecular weight excluding hydrogens is 288 g/mol. The van der Waals surface area contributed by atoms with Gasteiger partial charge in [0.1, 0.15) is 0 Å². The molecule has 0 atom stereocenters. The predicted molar refractivity (Wildman–Crippen MR) is 78.1 cm³/mol. The van der Waals surface area contributed by atoms with Gasteiger partial charge < -0.3 is 0 Å². The van der Waals surface area contributed by atoms with E-state index in [4.69, 9.17) is 0 Å². The summed E-state index contributed by atoms with van der Waals surface area (Å²) in [4.78, 5) is 12.3. The van der Waals surface area contributed by atoms with Gasteiger partial charge in [0.25, 0.3) is 0 Å². The molecule has 2 heteroatoms. The van der Waals surface area contributed by atoms with Gasteiger partial charge in [0.05, 0.1) is 0 Å². The van der Waals surface area contributed by atoms with Crippen molar-refractivity contribution in [3.05, 3.63) is 69.7 Å². The summed E-state index contributed by atoms with van der Waals surface area (Å²) in [7, 11) is 0. The molecule has 0 amide bonds.